The smallest absolute Gasteiger partial charge is 0.313 e. The van der Waals surface area contributed by atoms with Crippen molar-refractivity contribution >= 4 is 22.7 Å². The monoisotopic (exact) mass is 368 g/mol. The summed E-state index contributed by atoms with van der Waals surface area (Å²) < 4.78 is 11.7. The molecule has 2 aromatic carbocycles. The minimum Gasteiger partial charge on any atom is -0.425 e. The first-order valence-corrected chi connectivity index (χ1v) is 9.79. The van der Waals surface area contributed by atoms with Crippen molar-refractivity contribution in [1.82, 2.24) is 0 Å². The summed E-state index contributed by atoms with van der Waals surface area (Å²) in [5.74, 6) is 0.856. The van der Waals surface area contributed by atoms with E-state index in [9.17, 15) is 9.59 Å². The number of rotatable bonds is 4. The normalized spacial score (nSPS) is 16.5. The van der Waals surface area contributed by atoms with Gasteiger partial charge in [-0.05, 0) is 25.2 Å². The Morgan fingerprint density at radius 1 is 0.889 bits per heavy atom. The molecule has 0 saturated carbocycles. The summed E-state index contributed by atoms with van der Waals surface area (Å²) in [4.78, 5) is 24.7. The molecule has 1 atom stereocenters. The Kier molecular flexibility index (Phi) is 5.54. The number of hydrogen-bond donors (Lipinski definition) is 0. The number of hydrogen-bond acceptors (Lipinski definition) is 4. The van der Waals surface area contributed by atoms with Crippen LogP contribution in [0, 0.1) is 17.8 Å². The standard InChI is InChI=1S/C23H28O4/c1-13(2)22(24)26-20-16-8-6-7-9-17(16)21(27-23(25)14(3)4)19-12-15(5)10-11-18(19)20/h6-9,13-15H,10-12H2,1-5H3. The van der Waals surface area contributed by atoms with Gasteiger partial charge < -0.3 is 9.47 Å². The molecule has 27 heavy (non-hydrogen) atoms. The molecule has 4 heteroatoms. The van der Waals surface area contributed by atoms with Gasteiger partial charge in [-0.2, -0.15) is 0 Å². The second-order valence-corrected chi connectivity index (χ2v) is 8.16. The van der Waals surface area contributed by atoms with Crippen molar-refractivity contribution in [2.75, 3.05) is 0 Å². The molecule has 0 amide bonds. The molecular weight excluding hydrogens is 340 g/mol. The van der Waals surface area contributed by atoms with Gasteiger partial charge in [-0.25, -0.2) is 0 Å². The predicted molar refractivity (Wildman–Crippen MR) is 106 cm³/mol. The van der Waals surface area contributed by atoms with E-state index in [2.05, 4.69) is 6.92 Å². The van der Waals surface area contributed by atoms with Gasteiger partial charge in [0.25, 0.3) is 0 Å². The van der Waals surface area contributed by atoms with E-state index in [-0.39, 0.29) is 23.8 Å². The van der Waals surface area contributed by atoms with Crippen molar-refractivity contribution in [1.29, 1.82) is 0 Å². The predicted octanol–water partition coefficient (Wildman–Crippen LogP) is 5.09. The van der Waals surface area contributed by atoms with Crippen LogP contribution in [0.2, 0.25) is 0 Å². The highest BCUT2D eigenvalue weighted by atomic mass is 16.5. The van der Waals surface area contributed by atoms with E-state index in [1.807, 2.05) is 52.0 Å². The van der Waals surface area contributed by atoms with Crippen molar-refractivity contribution in [2.45, 2.75) is 53.9 Å². The molecule has 0 bridgehead atoms. The molecule has 1 aliphatic carbocycles. The maximum atomic E-state index is 12.4. The van der Waals surface area contributed by atoms with E-state index in [0.717, 1.165) is 41.2 Å². The fourth-order valence-corrected chi connectivity index (χ4v) is 3.47. The molecule has 1 unspecified atom stereocenters. The zero-order chi connectivity index (χ0) is 19.7. The van der Waals surface area contributed by atoms with E-state index in [1.165, 1.54) is 0 Å². The first-order chi connectivity index (χ1) is 12.8. The van der Waals surface area contributed by atoms with E-state index in [1.54, 1.807) is 0 Å². The van der Waals surface area contributed by atoms with Gasteiger partial charge in [0.2, 0.25) is 0 Å². The lowest BCUT2D eigenvalue weighted by Crippen LogP contribution is -2.21. The van der Waals surface area contributed by atoms with E-state index < -0.39 is 0 Å². The van der Waals surface area contributed by atoms with Gasteiger partial charge in [-0.3, -0.25) is 9.59 Å². The third kappa shape index (κ3) is 3.85. The first-order valence-electron chi connectivity index (χ1n) is 9.79. The van der Waals surface area contributed by atoms with Crippen LogP contribution in [0.4, 0.5) is 0 Å². The Morgan fingerprint density at radius 3 is 1.85 bits per heavy atom. The maximum absolute atomic E-state index is 12.4. The number of carbonyl (C=O) groups excluding carboxylic acids is 2. The summed E-state index contributed by atoms with van der Waals surface area (Å²) in [6.45, 7) is 9.53. The Labute approximate surface area is 160 Å². The fourth-order valence-electron chi connectivity index (χ4n) is 3.47. The second kappa shape index (κ2) is 7.71. The van der Waals surface area contributed by atoms with Crippen LogP contribution in [0.15, 0.2) is 24.3 Å². The molecule has 0 heterocycles. The maximum Gasteiger partial charge on any atom is 0.313 e. The molecule has 0 aliphatic heterocycles. The van der Waals surface area contributed by atoms with Gasteiger partial charge in [0, 0.05) is 21.9 Å². The number of carbonyl (C=O) groups is 2. The number of ether oxygens (including phenoxy) is 2. The third-order valence-corrected chi connectivity index (χ3v) is 5.12. The Balaban J connectivity index is 2.25. The van der Waals surface area contributed by atoms with Crippen molar-refractivity contribution < 1.29 is 19.1 Å². The minimum atomic E-state index is -0.243. The number of benzene rings is 2. The number of fused-ring (bicyclic) bond motifs is 2. The van der Waals surface area contributed by atoms with Crippen molar-refractivity contribution in [3.8, 4) is 11.5 Å². The van der Waals surface area contributed by atoms with Crippen LogP contribution < -0.4 is 9.47 Å². The summed E-state index contributed by atoms with van der Waals surface area (Å²) in [6, 6.07) is 7.70. The zero-order valence-corrected chi connectivity index (χ0v) is 16.8. The average Bonchev–Trinajstić information content (AvgIpc) is 2.63. The Bertz CT molecular complexity index is 880. The minimum absolute atomic E-state index is 0.208. The van der Waals surface area contributed by atoms with Crippen LogP contribution in [0.1, 0.15) is 52.2 Å². The lowest BCUT2D eigenvalue weighted by atomic mass is 9.82. The van der Waals surface area contributed by atoms with Gasteiger partial charge in [-0.15, -0.1) is 0 Å². The molecule has 3 rings (SSSR count). The van der Waals surface area contributed by atoms with Crippen LogP contribution in [0.25, 0.3) is 10.8 Å². The summed E-state index contributed by atoms with van der Waals surface area (Å²) >= 11 is 0. The van der Waals surface area contributed by atoms with Gasteiger partial charge in [-0.1, -0.05) is 58.9 Å². The van der Waals surface area contributed by atoms with Crippen molar-refractivity contribution in [3.05, 3.63) is 35.4 Å². The van der Waals surface area contributed by atoms with Crippen LogP contribution in [-0.2, 0) is 22.4 Å². The van der Waals surface area contributed by atoms with Crippen LogP contribution in [0.5, 0.6) is 11.5 Å². The Morgan fingerprint density at radius 2 is 1.37 bits per heavy atom. The summed E-state index contributed by atoms with van der Waals surface area (Å²) in [7, 11) is 0. The second-order valence-electron chi connectivity index (χ2n) is 8.16. The molecule has 4 nitrogen and oxygen atoms in total. The van der Waals surface area contributed by atoms with E-state index in [4.69, 9.17) is 9.47 Å². The highest BCUT2D eigenvalue weighted by Gasteiger charge is 2.29. The molecule has 0 aromatic heterocycles. The van der Waals surface area contributed by atoms with Crippen molar-refractivity contribution in [3.63, 3.8) is 0 Å². The molecule has 1 aliphatic rings. The quantitative estimate of drug-likeness (QED) is 0.557. The van der Waals surface area contributed by atoms with Crippen LogP contribution in [0.3, 0.4) is 0 Å². The largest absolute Gasteiger partial charge is 0.425 e. The van der Waals surface area contributed by atoms with Gasteiger partial charge >= 0.3 is 11.9 Å². The molecule has 0 radical (unpaired) electrons. The molecule has 0 saturated heterocycles. The molecule has 0 N–H and O–H groups in total. The lowest BCUT2D eigenvalue weighted by molar-refractivity contribution is -0.138. The van der Waals surface area contributed by atoms with E-state index >= 15 is 0 Å². The SMILES string of the molecule is CC1CCc2c(c(OC(=O)C(C)C)c3ccccc3c2OC(=O)C(C)C)C1. The molecule has 0 fully saturated rings. The molecule has 0 spiro atoms. The summed E-state index contributed by atoms with van der Waals surface area (Å²) in [5.41, 5.74) is 2.01. The third-order valence-electron chi connectivity index (χ3n) is 5.12. The summed E-state index contributed by atoms with van der Waals surface area (Å²) in [6.07, 6.45) is 2.65. The fraction of sp³-hybridized carbons (Fsp3) is 0.478. The first kappa shape index (κ1) is 19.4. The van der Waals surface area contributed by atoms with Gasteiger partial charge in [0.1, 0.15) is 11.5 Å². The van der Waals surface area contributed by atoms with E-state index in [0.29, 0.717) is 17.4 Å². The molecule has 144 valence electrons. The molecular formula is C23H28O4. The highest BCUT2D eigenvalue weighted by Crippen LogP contribution is 2.45. The van der Waals surface area contributed by atoms with Gasteiger partial charge in [0.05, 0.1) is 11.8 Å². The highest BCUT2D eigenvalue weighted by molar-refractivity contribution is 5.99. The van der Waals surface area contributed by atoms with Crippen LogP contribution >= 0.6 is 0 Å². The zero-order valence-electron chi connectivity index (χ0n) is 16.8. The van der Waals surface area contributed by atoms with Crippen LogP contribution in [-0.4, -0.2) is 11.9 Å². The average molecular weight is 368 g/mol. The molecule has 2 aromatic rings. The number of esters is 2. The summed E-state index contributed by atoms with van der Waals surface area (Å²) in [5, 5.41) is 1.65. The topological polar surface area (TPSA) is 52.6 Å². The van der Waals surface area contributed by atoms with Crippen molar-refractivity contribution in [2.24, 2.45) is 17.8 Å². The Hall–Kier alpha value is -2.36. The lowest BCUT2D eigenvalue weighted by Gasteiger charge is -2.28. The van der Waals surface area contributed by atoms with Gasteiger partial charge in [0.15, 0.2) is 0 Å².